The standard InChI is InChI=1S/C9H5F2NOS/c10-6-1-2-7(11)8(5-6)13-9-12-3-4-14-9/h1-5H. The van der Waals surface area contributed by atoms with E-state index in [0.717, 1.165) is 18.2 Å². The highest BCUT2D eigenvalue weighted by molar-refractivity contribution is 7.11. The molecule has 0 aliphatic heterocycles. The van der Waals surface area contributed by atoms with Crippen LogP contribution in [0, 0.1) is 11.6 Å². The second-order valence-corrected chi connectivity index (χ2v) is 3.33. The third-order valence-electron chi connectivity index (χ3n) is 1.50. The van der Waals surface area contributed by atoms with Crippen LogP contribution in [0.15, 0.2) is 29.8 Å². The van der Waals surface area contributed by atoms with Crippen LogP contribution in [0.25, 0.3) is 0 Å². The van der Waals surface area contributed by atoms with E-state index in [1.807, 2.05) is 0 Å². The number of rotatable bonds is 2. The maximum Gasteiger partial charge on any atom is 0.278 e. The van der Waals surface area contributed by atoms with Crippen molar-refractivity contribution in [2.75, 3.05) is 0 Å². The Morgan fingerprint density at radius 2 is 2.14 bits per heavy atom. The van der Waals surface area contributed by atoms with E-state index in [1.54, 1.807) is 5.38 Å². The molecule has 0 atom stereocenters. The first kappa shape index (κ1) is 9.08. The zero-order chi connectivity index (χ0) is 9.97. The smallest absolute Gasteiger partial charge is 0.278 e. The largest absolute Gasteiger partial charge is 0.428 e. The van der Waals surface area contributed by atoms with Gasteiger partial charge in [0.25, 0.3) is 5.19 Å². The second kappa shape index (κ2) is 3.71. The lowest BCUT2D eigenvalue weighted by Gasteiger charge is -2.02. The fourth-order valence-electron chi connectivity index (χ4n) is 0.910. The fourth-order valence-corrected chi connectivity index (χ4v) is 1.41. The summed E-state index contributed by atoms with van der Waals surface area (Å²) in [4.78, 5) is 3.79. The van der Waals surface area contributed by atoms with Gasteiger partial charge in [0.2, 0.25) is 0 Å². The number of nitrogens with zero attached hydrogens (tertiary/aromatic N) is 1. The lowest BCUT2D eigenvalue weighted by molar-refractivity contribution is 0.434. The summed E-state index contributed by atoms with van der Waals surface area (Å²) in [5, 5.41) is 1.97. The summed E-state index contributed by atoms with van der Waals surface area (Å²) in [6.45, 7) is 0. The molecule has 1 aromatic heterocycles. The average Bonchev–Trinajstić information content (AvgIpc) is 2.64. The normalized spacial score (nSPS) is 10.1. The van der Waals surface area contributed by atoms with Gasteiger partial charge in [-0.05, 0) is 12.1 Å². The van der Waals surface area contributed by atoms with E-state index in [1.165, 1.54) is 17.5 Å². The first-order valence-electron chi connectivity index (χ1n) is 3.78. The minimum atomic E-state index is -0.610. The van der Waals surface area contributed by atoms with Crippen molar-refractivity contribution in [1.29, 1.82) is 0 Å². The number of hydrogen-bond acceptors (Lipinski definition) is 3. The third kappa shape index (κ3) is 1.88. The van der Waals surface area contributed by atoms with Crippen molar-refractivity contribution in [2.45, 2.75) is 0 Å². The first-order chi connectivity index (χ1) is 6.75. The third-order valence-corrected chi connectivity index (χ3v) is 2.15. The Hall–Kier alpha value is -1.49. The molecule has 0 aliphatic carbocycles. The van der Waals surface area contributed by atoms with E-state index < -0.39 is 11.6 Å². The van der Waals surface area contributed by atoms with E-state index >= 15 is 0 Å². The molecular weight excluding hydrogens is 208 g/mol. The molecule has 0 bridgehead atoms. The van der Waals surface area contributed by atoms with Gasteiger partial charge in [-0.15, -0.1) is 0 Å². The SMILES string of the molecule is Fc1ccc(F)c(Oc2nccs2)c1. The topological polar surface area (TPSA) is 22.1 Å². The zero-order valence-electron chi connectivity index (χ0n) is 6.91. The summed E-state index contributed by atoms with van der Waals surface area (Å²) in [5.74, 6) is -1.31. The second-order valence-electron chi connectivity index (χ2n) is 2.47. The zero-order valence-corrected chi connectivity index (χ0v) is 7.72. The Balaban J connectivity index is 2.28. The quantitative estimate of drug-likeness (QED) is 0.764. The van der Waals surface area contributed by atoms with Crippen molar-refractivity contribution in [3.05, 3.63) is 41.4 Å². The van der Waals surface area contributed by atoms with Crippen molar-refractivity contribution in [3.8, 4) is 10.9 Å². The minimum Gasteiger partial charge on any atom is -0.428 e. The summed E-state index contributed by atoms with van der Waals surface area (Å²) in [6.07, 6.45) is 1.53. The van der Waals surface area contributed by atoms with Crippen LogP contribution in [-0.4, -0.2) is 4.98 Å². The molecule has 0 N–H and O–H groups in total. The summed E-state index contributed by atoms with van der Waals surface area (Å²) in [5.41, 5.74) is 0. The molecule has 0 saturated carbocycles. The van der Waals surface area contributed by atoms with Gasteiger partial charge in [0, 0.05) is 17.6 Å². The van der Waals surface area contributed by atoms with Gasteiger partial charge >= 0.3 is 0 Å². The number of halogens is 2. The number of hydrogen-bond donors (Lipinski definition) is 0. The van der Waals surface area contributed by atoms with Gasteiger partial charge in [0.1, 0.15) is 5.82 Å². The molecule has 0 spiro atoms. The van der Waals surface area contributed by atoms with E-state index in [4.69, 9.17) is 4.74 Å². The molecule has 0 unspecified atom stereocenters. The van der Waals surface area contributed by atoms with Crippen LogP contribution >= 0.6 is 11.3 Å². The van der Waals surface area contributed by atoms with Crippen molar-refractivity contribution in [1.82, 2.24) is 4.98 Å². The van der Waals surface area contributed by atoms with Gasteiger partial charge in [-0.25, -0.2) is 13.8 Å². The molecule has 5 heteroatoms. The van der Waals surface area contributed by atoms with E-state index in [9.17, 15) is 8.78 Å². The van der Waals surface area contributed by atoms with E-state index in [0.29, 0.717) is 0 Å². The molecule has 72 valence electrons. The molecule has 0 saturated heterocycles. The number of aromatic nitrogens is 1. The Labute approximate surface area is 82.8 Å². The van der Waals surface area contributed by atoms with Crippen LogP contribution in [-0.2, 0) is 0 Å². The summed E-state index contributed by atoms with van der Waals surface area (Å²) in [6, 6.07) is 3.03. The molecule has 14 heavy (non-hydrogen) atoms. The minimum absolute atomic E-state index is 0.153. The average molecular weight is 213 g/mol. The molecule has 0 aliphatic rings. The predicted molar refractivity (Wildman–Crippen MR) is 48.5 cm³/mol. The van der Waals surface area contributed by atoms with Gasteiger partial charge < -0.3 is 4.74 Å². The molecule has 0 fully saturated rings. The van der Waals surface area contributed by atoms with Crippen LogP contribution < -0.4 is 4.74 Å². The Bertz CT molecular complexity index is 430. The number of benzene rings is 1. The summed E-state index contributed by atoms with van der Waals surface area (Å²) < 4.78 is 30.8. The van der Waals surface area contributed by atoms with Crippen LogP contribution in [0.5, 0.6) is 10.9 Å². The Morgan fingerprint density at radius 1 is 1.29 bits per heavy atom. The molecule has 0 radical (unpaired) electrons. The molecule has 0 amide bonds. The predicted octanol–water partition coefficient (Wildman–Crippen LogP) is 3.21. The lowest BCUT2D eigenvalue weighted by Crippen LogP contribution is -1.88. The highest BCUT2D eigenvalue weighted by atomic mass is 32.1. The van der Waals surface area contributed by atoms with Crippen molar-refractivity contribution >= 4 is 11.3 Å². The van der Waals surface area contributed by atoms with Crippen molar-refractivity contribution in [3.63, 3.8) is 0 Å². The molecule has 1 aromatic carbocycles. The molecule has 2 rings (SSSR count). The summed E-state index contributed by atoms with van der Waals surface area (Å²) >= 11 is 1.21. The van der Waals surface area contributed by atoms with Crippen LogP contribution in [0.1, 0.15) is 0 Å². The Morgan fingerprint density at radius 3 is 2.86 bits per heavy atom. The fraction of sp³-hybridized carbons (Fsp3) is 0. The van der Waals surface area contributed by atoms with E-state index in [2.05, 4.69) is 4.98 Å². The van der Waals surface area contributed by atoms with Gasteiger partial charge in [-0.1, -0.05) is 11.3 Å². The number of ether oxygens (including phenoxy) is 1. The van der Waals surface area contributed by atoms with Crippen LogP contribution in [0.3, 0.4) is 0 Å². The highest BCUT2D eigenvalue weighted by Gasteiger charge is 2.07. The maximum absolute atomic E-state index is 13.0. The molecule has 1 heterocycles. The first-order valence-corrected chi connectivity index (χ1v) is 4.66. The van der Waals surface area contributed by atoms with Crippen LogP contribution in [0.4, 0.5) is 8.78 Å². The molecular formula is C9H5F2NOS. The lowest BCUT2D eigenvalue weighted by atomic mass is 10.3. The molecule has 2 nitrogen and oxygen atoms in total. The van der Waals surface area contributed by atoms with Crippen LogP contribution in [0.2, 0.25) is 0 Å². The maximum atomic E-state index is 13.0. The monoisotopic (exact) mass is 213 g/mol. The number of thiazole rings is 1. The van der Waals surface area contributed by atoms with E-state index in [-0.39, 0.29) is 10.9 Å². The van der Waals surface area contributed by atoms with Gasteiger partial charge in [0.05, 0.1) is 0 Å². The van der Waals surface area contributed by atoms with Crippen molar-refractivity contribution < 1.29 is 13.5 Å². The van der Waals surface area contributed by atoms with Gasteiger partial charge in [0.15, 0.2) is 11.6 Å². The Kier molecular flexibility index (Phi) is 2.41. The van der Waals surface area contributed by atoms with Gasteiger partial charge in [-0.2, -0.15) is 0 Å². The molecule has 2 aromatic rings. The van der Waals surface area contributed by atoms with Gasteiger partial charge in [-0.3, -0.25) is 0 Å². The summed E-state index contributed by atoms with van der Waals surface area (Å²) in [7, 11) is 0. The highest BCUT2D eigenvalue weighted by Crippen LogP contribution is 2.26. The van der Waals surface area contributed by atoms with Crippen molar-refractivity contribution in [2.24, 2.45) is 0 Å².